The van der Waals surface area contributed by atoms with Gasteiger partial charge in [0.15, 0.2) is 0 Å². The van der Waals surface area contributed by atoms with Crippen LogP contribution in [0.2, 0.25) is 0 Å². The number of hydrogen-bond acceptors (Lipinski definition) is 2. The van der Waals surface area contributed by atoms with Crippen LogP contribution >= 0.6 is 12.2 Å². The van der Waals surface area contributed by atoms with Crippen LogP contribution in [-0.2, 0) is 0 Å². The van der Waals surface area contributed by atoms with Gasteiger partial charge >= 0.3 is 0 Å². The maximum atomic E-state index is 12.3. The molecular weight excluding hydrogens is 165 g/mol. The van der Waals surface area contributed by atoms with Gasteiger partial charge in [0, 0.05) is 0 Å². The Labute approximate surface area is 68.8 Å². The van der Waals surface area contributed by atoms with Crippen molar-refractivity contribution in [3.05, 3.63) is 30.1 Å². The van der Waals surface area contributed by atoms with Crippen molar-refractivity contribution >= 4 is 17.4 Å². The average molecular weight is 171 g/mol. The van der Waals surface area contributed by atoms with Crippen molar-refractivity contribution in [1.29, 1.82) is 0 Å². The molecule has 0 radical (unpaired) electrons. The number of ether oxygens (including phenoxy) is 1. The van der Waals surface area contributed by atoms with Crippen molar-refractivity contribution in [3.63, 3.8) is 0 Å². The van der Waals surface area contributed by atoms with Crippen LogP contribution in [0.4, 0.5) is 4.39 Å². The molecule has 2 N–H and O–H groups in total. The summed E-state index contributed by atoms with van der Waals surface area (Å²) < 4.78 is 17.1. The minimum atomic E-state index is -0.319. The van der Waals surface area contributed by atoms with E-state index in [4.69, 9.17) is 10.5 Å². The number of halogens is 1. The fourth-order valence-corrected chi connectivity index (χ4v) is 0.715. The van der Waals surface area contributed by atoms with Crippen LogP contribution < -0.4 is 10.5 Å². The minimum absolute atomic E-state index is 0.0726. The lowest BCUT2D eigenvalue weighted by atomic mass is 10.3. The quantitative estimate of drug-likeness (QED) is 0.649. The van der Waals surface area contributed by atoms with E-state index < -0.39 is 0 Å². The van der Waals surface area contributed by atoms with E-state index in [9.17, 15) is 4.39 Å². The van der Waals surface area contributed by atoms with Gasteiger partial charge in [-0.2, -0.15) is 0 Å². The Morgan fingerprint density at radius 2 is 1.91 bits per heavy atom. The molecule has 11 heavy (non-hydrogen) atoms. The zero-order valence-corrected chi connectivity index (χ0v) is 6.40. The van der Waals surface area contributed by atoms with E-state index in [0.717, 1.165) is 0 Å². The largest absolute Gasteiger partial charge is 0.432 e. The maximum Gasteiger partial charge on any atom is 0.259 e. The van der Waals surface area contributed by atoms with E-state index in [0.29, 0.717) is 5.75 Å². The number of hydrogen-bond donors (Lipinski definition) is 1. The molecular formula is C7H6FNOS. The van der Waals surface area contributed by atoms with E-state index >= 15 is 0 Å². The van der Waals surface area contributed by atoms with E-state index in [2.05, 4.69) is 12.2 Å². The van der Waals surface area contributed by atoms with Crippen LogP contribution in [0.3, 0.4) is 0 Å². The summed E-state index contributed by atoms with van der Waals surface area (Å²) in [5, 5.41) is -0.0726. The van der Waals surface area contributed by atoms with E-state index in [-0.39, 0.29) is 11.0 Å². The third-order valence-corrected chi connectivity index (χ3v) is 1.12. The summed E-state index contributed by atoms with van der Waals surface area (Å²) in [5.74, 6) is 0.124. The molecule has 0 aliphatic carbocycles. The Morgan fingerprint density at radius 3 is 2.36 bits per heavy atom. The lowest BCUT2D eigenvalue weighted by Gasteiger charge is -2.00. The van der Waals surface area contributed by atoms with Crippen LogP contribution in [0.15, 0.2) is 24.3 Å². The molecule has 0 saturated carbocycles. The van der Waals surface area contributed by atoms with Gasteiger partial charge in [-0.25, -0.2) is 4.39 Å². The van der Waals surface area contributed by atoms with Gasteiger partial charge < -0.3 is 10.5 Å². The highest BCUT2D eigenvalue weighted by Crippen LogP contribution is 2.10. The highest BCUT2D eigenvalue weighted by atomic mass is 32.1. The zero-order valence-electron chi connectivity index (χ0n) is 5.58. The summed E-state index contributed by atoms with van der Waals surface area (Å²) >= 11 is 4.47. The standard InChI is InChI=1S/C7H6FNOS/c8-5-1-3-6(4-2-5)10-7(9)11/h1-4H,(H2,9,11). The number of benzene rings is 1. The van der Waals surface area contributed by atoms with Gasteiger partial charge in [0.1, 0.15) is 11.6 Å². The Bertz CT molecular complexity index is 260. The molecule has 4 heteroatoms. The molecule has 0 fully saturated rings. The van der Waals surface area contributed by atoms with Crippen molar-refractivity contribution in [2.24, 2.45) is 5.73 Å². The molecule has 1 aromatic rings. The summed E-state index contributed by atoms with van der Waals surface area (Å²) in [6.45, 7) is 0. The van der Waals surface area contributed by atoms with Gasteiger partial charge in [0.25, 0.3) is 5.17 Å². The lowest BCUT2D eigenvalue weighted by Crippen LogP contribution is -2.15. The smallest absolute Gasteiger partial charge is 0.259 e. The predicted octanol–water partition coefficient (Wildman–Crippen LogP) is 1.45. The van der Waals surface area contributed by atoms with Crippen molar-refractivity contribution < 1.29 is 9.13 Å². The van der Waals surface area contributed by atoms with Gasteiger partial charge in [0.05, 0.1) is 0 Å². The van der Waals surface area contributed by atoms with Crippen LogP contribution in [0, 0.1) is 5.82 Å². The molecule has 0 atom stereocenters. The highest BCUT2D eigenvalue weighted by Gasteiger charge is 1.94. The normalized spacial score (nSPS) is 9.18. The molecule has 0 aromatic heterocycles. The first kappa shape index (κ1) is 7.94. The number of rotatable bonds is 1. The third kappa shape index (κ3) is 2.51. The van der Waals surface area contributed by atoms with Gasteiger partial charge in [-0.05, 0) is 36.5 Å². The Morgan fingerprint density at radius 1 is 1.36 bits per heavy atom. The summed E-state index contributed by atoms with van der Waals surface area (Å²) in [6.07, 6.45) is 0. The molecule has 1 rings (SSSR count). The molecule has 0 saturated heterocycles. The maximum absolute atomic E-state index is 12.3. The highest BCUT2D eigenvalue weighted by molar-refractivity contribution is 7.80. The van der Waals surface area contributed by atoms with Crippen molar-refractivity contribution in [3.8, 4) is 5.75 Å². The van der Waals surface area contributed by atoms with E-state index in [1.54, 1.807) is 0 Å². The van der Waals surface area contributed by atoms with Crippen LogP contribution in [-0.4, -0.2) is 5.17 Å². The number of nitrogens with two attached hydrogens (primary N) is 1. The van der Waals surface area contributed by atoms with Gasteiger partial charge in [-0.1, -0.05) is 0 Å². The Kier molecular flexibility index (Phi) is 2.38. The monoisotopic (exact) mass is 171 g/mol. The van der Waals surface area contributed by atoms with Crippen molar-refractivity contribution in [2.45, 2.75) is 0 Å². The van der Waals surface area contributed by atoms with Crippen molar-refractivity contribution in [1.82, 2.24) is 0 Å². The summed E-state index contributed by atoms with van der Waals surface area (Å²) in [4.78, 5) is 0. The van der Waals surface area contributed by atoms with Gasteiger partial charge in [-0.3, -0.25) is 0 Å². The molecule has 0 bridgehead atoms. The fraction of sp³-hybridized carbons (Fsp3) is 0. The van der Waals surface area contributed by atoms with E-state index in [1.165, 1.54) is 24.3 Å². The zero-order chi connectivity index (χ0) is 8.27. The second-order valence-corrected chi connectivity index (χ2v) is 2.28. The molecule has 1 aromatic carbocycles. The van der Waals surface area contributed by atoms with Crippen molar-refractivity contribution in [2.75, 3.05) is 0 Å². The second-order valence-electron chi connectivity index (χ2n) is 1.88. The summed E-state index contributed by atoms with van der Waals surface area (Å²) in [5.41, 5.74) is 5.08. The van der Waals surface area contributed by atoms with Gasteiger partial charge in [0.2, 0.25) is 0 Å². The Balaban J connectivity index is 2.74. The molecule has 0 aliphatic rings. The van der Waals surface area contributed by atoms with Crippen LogP contribution in [0.1, 0.15) is 0 Å². The summed E-state index contributed by atoms with van der Waals surface area (Å²) in [6, 6.07) is 5.45. The minimum Gasteiger partial charge on any atom is -0.432 e. The second kappa shape index (κ2) is 3.30. The van der Waals surface area contributed by atoms with E-state index in [1.807, 2.05) is 0 Å². The molecule has 0 spiro atoms. The topological polar surface area (TPSA) is 35.2 Å². The van der Waals surface area contributed by atoms with Gasteiger partial charge in [-0.15, -0.1) is 0 Å². The Hall–Kier alpha value is -1.16. The first-order valence-electron chi connectivity index (χ1n) is 2.91. The third-order valence-electron chi connectivity index (χ3n) is 1.03. The summed E-state index contributed by atoms with van der Waals surface area (Å²) in [7, 11) is 0. The van der Waals surface area contributed by atoms with Crippen LogP contribution in [0.5, 0.6) is 5.75 Å². The molecule has 0 unspecified atom stereocenters. The lowest BCUT2D eigenvalue weighted by molar-refractivity contribution is 0.552. The molecule has 0 aliphatic heterocycles. The predicted molar refractivity (Wildman–Crippen MR) is 43.8 cm³/mol. The molecule has 58 valence electrons. The SMILES string of the molecule is NC(=S)Oc1ccc(F)cc1. The average Bonchev–Trinajstić information content (AvgIpc) is 1.93. The molecule has 0 heterocycles. The molecule has 0 amide bonds. The first-order chi connectivity index (χ1) is 5.18. The first-order valence-corrected chi connectivity index (χ1v) is 3.32. The fourth-order valence-electron chi connectivity index (χ4n) is 0.619. The molecule has 2 nitrogen and oxygen atoms in total. The number of thiocarbonyl (C=S) groups is 1. The van der Waals surface area contributed by atoms with Crippen LogP contribution in [0.25, 0.3) is 0 Å².